The van der Waals surface area contributed by atoms with Gasteiger partial charge >= 0.3 is 0 Å². The van der Waals surface area contributed by atoms with Gasteiger partial charge in [0.25, 0.3) is 0 Å². The summed E-state index contributed by atoms with van der Waals surface area (Å²) in [5.74, 6) is 0. The predicted octanol–water partition coefficient (Wildman–Crippen LogP) is 5.69. The van der Waals surface area contributed by atoms with Gasteiger partial charge < -0.3 is 0 Å². The highest BCUT2D eigenvalue weighted by atomic mass is 16.1. The van der Waals surface area contributed by atoms with Crippen LogP contribution in [-0.2, 0) is 0 Å². The van der Waals surface area contributed by atoms with Gasteiger partial charge in [0.2, 0.25) is 0 Å². The molecule has 0 aromatic heterocycles. The van der Waals surface area contributed by atoms with E-state index in [4.69, 9.17) is 0 Å². The van der Waals surface area contributed by atoms with E-state index in [2.05, 4.69) is 60.7 Å². The minimum absolute atomic E-state index is 0.154. The van der Waals surface area contributed by atoms with Crippen molar-refractivity contribution in [1.29, 1.82) is 0 Å². The summed E-state index contributed by atoms with van der Waals surface area (Å²) in [5, 5.41) is 11.0. The normalized spacial score (nSPS) is 12.3. The number of fused-ring (bicyclic) bond motifs is 3. The molecule has 0 unspecified atom stereocenters. The van der Waals surface area contributed by atoms with Crippen molar-refractivity contribution in [1.82, 2.24) is 0 Å². The maximum absolute atomic E-state index is 12.9. The third kappa shape index (κ3) is 1.34. The first-order valence-corrected chi connectivity index (χ1v) is 8.17. The van der Waals surface area contributed by atoms with Gasteiger partial charge in [0.15, 0.2) is 5.43 Å². The van der Waals surface area contributed by atoms with E-state index in [1.54, 1.807) is 0 Å². The van der Waals surface area contributed by atoms with Gasteiger partial charge in [-0.15, -0.1) is 0 Å². The summed E-state index contributed by atoms with van der Waals surface area (Å²) in [5.41, 5.74) is 0.154. The predicted molar refractivity (Wildman–Crippen MR) is 103 cm³/mol. The summed E-state index contributed by atoms with van der Waals surface area (Å²) in [4.78, 5) is 12.9. The van der Waals surface area contributed by atoms with Crippen molar-refractivity contribution < 1.29 is 0 Å². The Labute approximate surface area is 137 Å². The Bertz CT molecular complexity index is 1460. The first kappa shape index (κ1) is 12.3. The summed E-state index contributed by atoms with van der Waals surface area (Å²) in [6.45, 7) is 0. The fourth-order valence-corrected chi connectivity index (χ4v) is 4.24. The number of rotatable bonds is 0. The molecule has 6 rings (SSSR count). The van der Waals surface area contributed by atoms with Crippen LogP contribution >= 0.6 is 0 Å². The molecule has 0 saturated carbocycles. The molecule has 0 N–H and O–H groups in total. The molecule has 1 heteroatoms. The van der Waals surface area contributed by atoms with Crippen LogP contribution in [0.2, 0.25) is 0 Å². The van der Waals surface area contributed by atoms with Crippen molar-refractivity contribution in [2.75, 3.05) is 0 Å². The Morgan fingerprint density at radius 1 is 0.458 bits per heavy atom. The molecule has 110 valence electrons. The lowest BCUT2D eigenvalue weighted by Crippen LogP contribution is -1.93. The molecular weight excluding hydrogens is 292 g/mol. The fourth-order valence-electron chi connectivity index (χ4n) is 4.24. The van der Waals surface area contributed by atoms with Crippen LogP contribution in [0.25, 0.3) is 53.9 Å². The molecular formula is C23H12O. The molecule has 0 spiro atoms. The van der Waals surface area contributed by atoms with Crippen LogP contribution in [0.1, 0.15) is 0 Å². The molecule has 0 saturated heterocycles. The molecule has 0 fully saturated rings. The second-order valence-corrected chi connectivity index (χ2v) is 6.57. The molecule has 0 atom stereocenters. The Hall–Kier alpha value is -3.19. The molecule has 0 aliphatic rings. The Balaban J connectivity index is 2.00. The Morgan fingerprint density at radius 2 is 1.21 bits per heavy atom. The zero-order valence-electron chi connectivity index (χ0n) is 12.8. The van der Waals surface area contributed by atoms with E-state index in [1.807, 2.05) is 12.1 Å². The van der Waals surface area contributed by atoms with E-state index in [1.165, 1.54) is 21.5 Å². The Morgan fingerprint density at radius 3 is 2.08 bits per heavy atom. The zero-order chi connectivity index (χ0) is 15.8. The first-order valence-electron chi connectivity index (χ1n) is 8.17. The SMILES string of the molecule is O=c1c2cccc3ccc4c5cc6ccccc6cc5cc1c4c32. The monoisotopic (exact) mass is 304 g/mol. The highest BCUT2D eigenvalue weighted by Crippen LogP contribution is 2.38. The first-order chi connectivity index (χ1) is 11.8. The third-order valence-corrected chi connectivity index (χ3v) is 5.31. The van der Waals surface area contributed by atoms with Gasteiger partial charge in [0.05, 0.1) is 0 Å². The molecule has 0 amide bonds. The molecule has 6 aromatic rings. The van der Waals surface area contributed by atoms with Gasteiger partial charge in [0.1, 0.15) is 0 Å². The van der Waals surface area contributed by atoms with Crippen molar-refractivity contribution in [3.8, 4) is 0 Å². The van der Waals surface area contributed by atoms with Crippen molar-refractivity contribution in [3.63, 3.8) is 0 Å². The van der Waals surface area contributed by atoms with Crippen molar-refractivity contribution in [2.45, 2.75) is 0 Å². The van der Waals surface area contributed by atoms with Crippen molar-refractivity contribution in [3.05, 3.63) is 83.0 Å². The lowest BCUT2D eigenvalue weighted by atomic mass is 9.95. The zero-order valence-corrected chi connectivity index (χ0v) is 12.8. The summed E-state index contributed by atoms with van der Waals surface area (Å²) in [7, 11) is 0. The van der Waals surface area contributed by atoms with E-state index >= 15 is 0 Å². The summed E-state index contributed by atoms with van der Waals surface area (Å²) in [6.07, 6.45) is 0. The van der Waals surface area contributed by atoms with E-state index in [9.17, 15) is 4.79 Å². The van der Waals surface area contributed by atoms with Crippen LogP contribution < -0.4 is 5.43 Å². The van der Waals surface area contributed by atoms with Gasteiger partial charge in [-0.2, -0.15) is 0 Å². The smallest absolute Gasteiger partial charge is 0.194 e. The lowest BCUT2D eigenvalue weighted by Gasteiger charge is -2.08. The highest BCUT2D eigenvalue weighted by molar-refractivity contribution is 6.31. The van der Waals surface area contributed by atoms with Gasteiger partial charge in [-0.05, 0) is 50.5 Å². The van der Waals surface area contributed by atoms with E-state index in [0.29, 0.717) is 0 Å². The number of hydrogen-bond acceptors (Lipinski definition) is 1. The van der Waals surface area contributed by atoms with Gasteiger partial charge in [-0.25, -0.2) is 0 Å². The molecule has 24 heavy (non-hydrogen) atoms. The molecule has 0 aliphatic carbocycles. The average Bonchev–Trinajstić information content (AvgIpc) is 2.91. The van der Waals surface area contributed by atoms with E-state index in [0.717, 1.165) is 32.3 Å². The average molecular weight is 304 g/mol. The quantitative estimate of drug-likeness (QED) is 0.260. The number of hydrogen-bond donors (Lipinski definition) is 0. The van der Waals surface area contributed by atoms with Crippen molar-refractivity contribution >= 4 is 53.9 Å². The van der Waals surface area contributed by atoms with Gasteiger partial charge in [0, 0.05) is 21.5 Å². The van der Waals surface area contributed by atoms with Crippen LogP contribution in [0.15, 0.2) is 77.6 Å². The molecule has 6 aromatic carbocycles. The Kier molecular flexibility index (Phi) is 2.05. The molecule has 0 bridgehead atoms. The van der Waals surface area contributed by atoms with Crippen LogP contribution in [0.3, 0.4) is 0 Å². The largest absolute Gasteiger partial charge is 0.289 e. The summed E-state index contributed by atoms with van der Waals surface area (Å²) >= 11 is 0. The fraction of sp³-hybridized carbons (Fsp3) is 0. The second kappa shape index (κ2) is 4.01. The minimum Gasteiger partial charge on any atom is -0.289 e. The van der Waals surface area contributed by atoms with Crippen LogP contribution in [0.4, 0.5) is 0 Å². The summed E-state index contributed by atoms with van der Waals surface area (Å²) < 4.78 is 0. The molecule has 0 aliphatic heterocycles. The maximum atomic E-state index is 12.9. The third-order valence-electron chi connectivity index (χ3n) is 5.31. The van der Waals surface area contributed by atoms with Crippen LogP contribution in [0.5, 0.6) is 0 Å². The topological polar surface area (TPSA) is 17.1 Å². The maximum Gasteiger partial charge on any atom is 0.194 e. The second-order valence-electron chi connectivity index (χ2n) is 6.57. The highest BCUT2D eigenvalue weighted by Gasteiger charge is 2.16. The van der Waals surface area contributed by atoms with Crippen LogP contribution in [0, 0.1) is 0 Å². The summed E-state index contributed by atoms with van der Waals surface area (Å²) in [6, 6.07) is 25.2. The van der Waals surface area contributed by atoms with Crippen LogP contribution in [-0.4, -0.2) is 0 Å². The van der Waals surface area contributed by atoms with Gasteiger partial charge in [-0.3, -0.25) is 4.79 Å². The number of benzene rings is 5. The minimum atomic E-state index is 0.154. The van der Waals surface area contributed by atoms with E-state index < -0.39 is 0 Å². The lowest BCUT2D eigenvalue weighted by molar-refractivity contribution is 1.80. The van der Waals surface area contributed by atoms with Gasteiger partial charge in [-0.1, -0.05) is 54.6 Å². The van der Waals surface area contributed by atoms with E-state index in [-0.39, 0.29) is 5.43 Å². The molecule has 0 heterocycles. The molecule has 0 radical (unpaired) electrons. The van der Waals surface area contributed by atoms with Crippen molar-refractivity contribution in [2.24, 2.45) is 0 Å². The molecule has 1 nitrogen and oxygen atoms in total. The standard InChI is InChI=1S/C23H12O/c24-23-18-7-3-6-13-8-9-17-19-11-15-5-2-1-4-14(15)10-16(19)12-20(23)22(17)21(13)18/h1-12H.